The molecule has 20 heavy (non-hydrogen) atoms. The summed E-state index contributed by atoms with van der Waals surface area (Å²) in [6.45, 7) is 1.79. The lowest BCUT2D eigenvalue weighted by atomic mass is 10.2. The fourth-order valence-electron chi connectivity index (χ4n) is 1.55. The van der Waals surface area contributed by atoms with E-state index in [2.05, 4.69) is 20.7 Å². The van der Waals surface area contributed by atoms with Crippen LogP contribution in [0.25, 0.3) is 0 Å². The lowest BCUT2D eigenvalue weighted by molar-refractivity contribution is 0.100. The van der Waals surface area contributed by atoms with Gasteiger partial charge in [0.1, 0.15) is 5.00 Å². The highest BCUT2D eigenvalue weighted by Crippen LogP contribution is 2.27. The molecule has 0 saturated carbocycles. The summed E-state index contributed by atoms with van der Waals surface area (Å²) in [4.78, 5) is 11.3. The van der Waals surface area contributed by atoms with E-state index in [-0.39, 0.29) is 15.5 Å². The SMILES string of the molecule is Cc1cc(S(=O)(=O)Nc2sccc2C(N)=O)ccc1Br. The Kier molecular flexibility index (Phi) is 4.17. The Morgan fingerprint density at radius 1 is 1.35 bits per heavy atom. The molecule has 1 aromatic carbocycles. The summed E-state index contributed by atoms with van der Waals surface area (Å²) < 4.78 is 27.7. The van der Waals surface area contributed by atoms with Crippen LogP contribution < -0.4 is 10.5 Å². The number of nitrogens with two attached hydrogens (primary N) is 1. The molecule has 0 spiro atoms. The van der Waals surface area contributed by atoms with Gasteiger partial charge >= 0.3 is 0 Å². The van der Waals surface area contributed by atoms with Crippen molar-refractivity contribution in [2.24, 2.45) is 5.73 Å². The van der Waals surface area contributed by atoms with Gasteiger partial charge in [-0.15, -0.1) is 11.3 Å². The summed E-state index contributed by atoms with van der Waals surface area (Å²) in [5.74, 6) is -0.670. The van der Waals surface area contributed by atoms with Crippen LogP contribution in [-0.2, 0) is 10.0 Å². The predicted octanol–water partition coefficient (Wildman–Crippen LogP) is 2.72. The molecule has 0 saturated heterocycles. The highest BCUT2D eigenvalue weighted by molar-refractivity contribution is 9.10. The zero-order chi connectivity index (χ0) is 14.9. The average Bonchev–Trinajstić information content (AvgIpc) is 2.80. The molecule has 0 fully saturated rings. The number of anilines is 1. The first-order chi connectivity index (χ1) is 9.31. The van der Waals surface area contributed by atoms with E-state index in [1.807, 2.05) is 0 Å². The number of benzene rings is 1. The third-order valence-electron chi connectivity index (χ3n) is 2.60. The highest BCUT2D eigenvalue weighted by Gasteiger charge is 2.19. The number of halogens is 1. The predicted molar refractivity (Wildman–Crippen MR) is 82.5 cm³/mol. The molecule has 5 nitrogen and oxygen atoms in total. The normalized spacial score (nSPS) is 11.3. The van der Waals surface area contributed by atoms with Gasteiger partial charge < -0.3 is 5.73 Å². The smallest absolute Gasteiger partial charge is 0.262 e. The summed E-state index contributed by atoms with van der Waals surface area (Å²) in [7, 11) is -3.75. The minimum Gasteiger partial charge on any atom is -0.366 e. The third kappa shape index (κ3) is 3.02. The Labute approximate surface area is 129 Å². The molecule has 0 radical (unpaired) electrons. The van der Waals surface area contributed by atoms with Gasteiger partial charge in [0.2, 0.25) is 0 Å². The monoisotopic (exact) mass is 374 g/mol. The molecule has 106 valence electrons. The molecule has 0 unspecified atom stereocenters. The third-order valence-corrected chi connectivity index (χ3v) is 5.79. The van der Waals surface area contributed by atoms with Crippen LogP contribution in [0.3, 0.4) is 0 Å². The Bertz CT molecular complexity index is 769. The van der Waals surface area contributed by atoms with Crippen molar-refractivity contribution in [1.82, 2.24) is 0 Å². The first-order valence-electron chi connectivity index (χ1n) is 5.47. The number of primary amides is 1. The number of thiophene rings is 1. The van der Waals surface area contributed by atoms with Crippen molar-refractivity contribution in [3.63, 3.8) is 0 Å². The van der Waals surface area contributed by atoms with Gasteiger partial charge in [-0.1, -0.05) is 15.9 Å². The minimum absolute atomic E-state index is 0.127. The average molecular weight is 375 g/mol. The number of rotatable bonds is 4. The minimum atomic E-state index is -3.75. The topological polar surface area (TPSA) is 89.3 Å². The van der Waals surface area contributed by atoms with Crippen molar-refractivity contribution in [2.75, 3.05) is 4.72 Å². The largest absolute Gasteiger partial charge is 0.366 e. The number of hydrogen-bond donors (Lipinski definition) is 2. The van der Waals surface area contributed by atoms with Crippen LogP contribution in [-0.4, -0.2) is 14.3 Å². The number of sulfonamides is 1. The first kappa shape index (κ1) is 15.0. The number of aryl methyl sites for hydroxylation is 1. The van der Waals surface area contributed by atoms with Crippen LogP contribution in [0.1, 0.15) is 15.9 Å². The molecule has 1 amide bonds. The molecule has 3 N–H and O–H groups in total. The molecule has 2 aromatic rings. The number of carbonyl (C=O) groups is 1. The molecule has 0 aliphatic rings. The molecule has 0 aliphatic carbocycles. The van der Waals surface area contributed by atoms with Crippen molar-refractivity contribution >= 4 is 48.2 Å². The van der Waals surface area contributed by atoms with Crippen molar-refractivity contribution < 1.29 is 13.2 Å². The van der Waals surface area contributed by atoms with Crippen LogP contribution in [0, 0.1) is 6.92 Å². The lowest BCUT2D eigenvalue weighted by Crippen LogP contribution is -2.17. The van der Waals surface area contributed by atoms with Crippen molar-refractivity contribution in [3.05, 3.63) is 45.2 Å². The lowest BCUT2D eigenvalue weighted by Gasteiger charge is -2.08. The van der Waals surface area contributed by atoms with Gasteiger partial charge in [0.25, 0.3) is 15.9 Å². The van der Waals surface area contributed by atoms with Crippen molar-refractivity contribution in [2.45, 2.75) is 11.8 Å². The number of hydrogen-bond acceptors (Lipinski definition) is 4. The molecule has 1 heterocycles. The molecule has 0 atom stereocenters. The van der Waals surface area contributed by atoms with Crippen LogP contribution in [0.15, 0.2) is 39.0 Å². The quantitative estimate of drug-likeness (QED) is 0.861. The van der Waals surface area contributed by atoms with E-state index in [0.717, 1.165) is 21.4 Å². The zero-order valence-electron chi connectivity index (χ0n) is 10.4. The molecule has 2 rings (SSSR count). The number of carbonyl (C=O) groups excluding carboxylic acids is 1. The van der Waals surface area contributed by atoms with E-state index < -0.39 is 15.9 Å². The van der Waals surface area contributed by atoms with Gasteiger partial charge in [-0.2, -0.15) is 0 Å². The molecule has 0 bridgehead atoms. The summed E-state index contributed by atoms with van der Waals surface area (Å²) in [6.07, 6.45) is 0. The second-order valence-electron chi connectivity index (χ2n) is 4.04. The molecular formula is C12H11BrN2O3S2. The van der Waals surface area contributed by atoms with Gasteiger partial charge in [0, 0.05) is 4.47 Å². The Morgan fingerprint density at radius 2 is 2.05 bits per heavy atom. The van der Waals surface area contributed by atoms with E-state index in [1.165, 1.54) is 12.1 Å². The second-order valence-corrected chi connectivity index (χ2v) is 7.50. The van der Waals surface area contributed by atoms with Gasteiger partial charge in [-0.05, 0) is 42.1 Å². The van der Waals surface area contributed by atoms with Crippen LogP contribution in [0.5, 0.6) is 0 Å². The number of nitrogens with one attached hydrogen (secondary N) is 1. The first-order valence-corrected chi connectivity index (χ1v) is 8.63. The number of amides is 1. The summed E-state index contributed by atoms with van der Waals surface area (Å²) in [5.41, 5.74) is 6.15. The van der Waals surface area contributed by atoms with E-state index >= 15 is 0 Å². The van der Waals surface area contributed by atoms with Gasteiger partial charge in [0.15, 0.2) is 0 Å². The van der Waals surface area contributed by atoms with E-state index in [9.17, 15) is 13.2 Å². The second kappa shape index (κ2) is 5.55. The molecule has 0 aliphatic heterocycles. The fraction of sp³-hybridized carbons (Fsp3) is 0.0833. The summed E-state index contributed by atoms with van der Waals surface area (Å²) in [5, 5.41) is 1.82. The van der Waals surface area contributed by atoms with Gasteiger partial charge in [-0.25, -0.2) is 8.42 Å². The van der Waals surface area contributed by atoms with Gasteiger partial charge in [0.05, 0.1) is 10.5 Å². The maximum absolute atomic E-state index is 12.3. The Morgan fingerprint density at radius 3 is 2.65 bits per heavy atom. The van der Waals surface area contributed by atoms with E-state index in [0.29, 0.717) is 0 Å². The van der Waals surface area contributed by atoms with E-state index in [1.54, 1.807) is 24.4 Å². The fourth-order valence-corrected chi connectivity index (χ4v) is 4.00. The Hall–Kier alpha value is -1.38. The van der Waals surface area contributed by atoms with Gasteiger partial charge in [-0.3, -0.25) is 9.52 Å². The maximum Gasteiger partial charge on any atom is 0.262 e. The Balaban J connectivity index is 2.38. The molecule has 8 heteroatoms. The van der Waals surface area contributed by atoms with Crippen molar-refractivity contribution in [1.29, 1.82) is 0 Å². The summed E-state index contributed by atoms with van der Waals surface area (Å²) in [6, 6.07) is 6.17. The zero-order valence-corrected chi connectivity index (χ0v) is 13.6. The standard InChI is InChI=1S/C12H11BrN2O3S2/c1-7-6-8(2-3-10(7)13)20(17,18)15-12-9(11(14)16)4-5-19-12/h2-6,15H,1H3,(H2,14,16). The van der Waals surface area contributed by atoms with Crippen LogP contribution >= 0.6 is 27.3 Å². The van der Waals surface area contributed by atoms with Crippen molar-refractivity contribution in [3.8, 4) is 0 Å². The van der Waals surface area contributed by atoms with Crippen LogP contribution in [0.2, 0.25) is 0 Å². The van der Waals surface area contributed by atoms with Crippen LogP contribution in [0.4, 0.5) is 5.00 Å². The van der Waals surface area contributed by atoms with E-state index in [4.69, 9.17) is 5.73 Å². The highest BCUT2D eigenvalue weighted by atomic mass is 79.9. The summed E-state index contributed by atoms with van der Waals surface area (Å²) >= 11 is 4.42. The maximum atomic E-state index is 12.3. The molecular weight excluding hydrogens is 364 g/mol. The molecule has 1 aromatic heterocycles.